The third kappa shape index (κ3) is 3.66. The van der Waals surface area contributed by atoms with Gasteiger partial charge in [0.25, 0.3) is 0 Å². The molecule has 0 saturated heterocycles. The van der Waals surface area contributed by atoms with Crippen molar-refractivity contribution in [3.63, 3.8) is 0 Å². The molecule has 0 bridgehead atoms. The van der Waals surface area contributed by atoms with E-state index in [0.29, 0.717) is 11.4 Å². The number of rotatable bonds is 3. The van der Waals surface area contributed by atoms with Crippen molar-refractivity contribution in [1.82, 2.24) is 8.96 Å². The number of nitrogens with zero attached hydrogens (tertiary/aromatic N) is 2. The smallest absolute Gasteiger partial charge is 0.449 e. The van der Waals surface area contributed by atoms with Crippen molar-refractivity contribution in [3.8, 4) is 22.3 Å². The van der Waals surface area contributed by atoms with Gasteiger partial charge in [0.2, 0.25) is 0 Å². The van der Waals surface area contributed by atoms with Gasteiger partial charge in [-0.05, 0) is 97.5 Å². The average Bonchev–Trinajstić information content (AvgIpc) is 3.64. The number of benzene rings is 5. The van der Waals surface area contributed by atoms with Crippen LogP contribution in [0.25, 0.3) is 43.8 Å². The highest BCUT2D eigenvalue weighted by molar-refractivity contribution is 14.1. The van der Waals surface area contributed by atoms with Gasteiger partial charge in [0, 0.05) is 26.1 Å². The molecule has 198 valence electrons. The van der Waals surface area contributed by atoms with Crippen LogP contribution in [0.3, 0.4) is 0 Å². The van der Waals surface area contributed by atoms with E-state index in [4.69, 9.17) is 0 Å². The molecule has 0 atom stereocenters. The summed E-state index contributed by atoms with van der Waals surface area (Å²) in [7, 11) is 0. The molecule has 5 aromatic carbocycles. The Morgan fingerprint density at radius 1 is 0.512 bits per heavy atom. The Labute approximate surface area is 250 Å². The summed E-state index contributed by atoms with van der Waals surface area (Å²) in [6.07, 6.45) is 3.15. The molecular formula is C35H23BF2IN2-. The molecule has 0 radical (unpaired) electrons. The van der Waals surface area contributed by atoms with Gasteiger partial charge in [0.05, 0.1) is 5.92 Å². The first kappa shape index (κ1) is 24.6. The maximum absolute atomic E-state index is 16.6. The Bertz CT molecular complexity index is 1970. The van der Waals surface area contributed by atoms with Crippen LogP contribution < -0.4 is 0 Å². The van der Waals surface area contributed by atoms with Crippen molar-refractivity contribution < 1.29 is 8.63 Å². The lowest BCUT2D eigenvalue weighted by Crippen LogP contribution is -2.48. The molecular weight excluding hydrogens is 624 g/mol. The molecule has 0 unspecified atom stereocenters. The lowest BCUT2D eigenvalue weighted by molar-refractivity contribution is 0.507. The summed E-state index contributed by atoms with van der Waals surface area (Å²) in [5.41, 5.74) is 5.84. The van der Waals surface area contributed by atoms with E-state index in [1.54, 1.807) is 12.4 Å². The van der Waals surface area contributed by atoms with Gasteiger partial charge in [0.1, 0.15) is 0 Å². The lowest BCUT2D eigenvalue weighted by Gasteiger charge is -2.42. The van der Waals surface area contributed by atoms with Crippen LogP contribution in [0.4, 0.5) is 8.63 Å². The van der Waals surface area contributed by atoms with Crippen molar-refractivity contribution in [2.45, 2.75) is 5.92 Å². The summed E-state index contributed by atoms with van der Waals surface area (Å²) in [4.78, 5) is 0. The van der Waals surface area contributed by atoms with Crippen LogP contribution in [-0.2, 0) is 0 Å². The maximum Gasteiger partial charge on any atom is 0.532 e. The summed E-state index contributed by atoms with van der Waals surface area (Å²) in [6, 6.07) is 40.6. The fourth-order valence-electron chi connectivity index (χ4n) is 6.68. The van der Waals surface area contributed by atoms with E-state index in [0.717, 1.165) is 52.9 Å². The molecule has 0 fully saturated rings. The van der Waals surface area contributed by atoms with Gasteiger partial charge in [-0.25, -0.2) is 0 Å². The minimum absolute atomic E-state index is 0.401. The van der Waals surface area contributed by atoms with E-state index in [1.807, 2.05) is 60.7 Å². The van der Waals surface area contributed by atoms with Gasteiger partial charge in [-0.3, -0.25) is 0 Å². The lowest BCUT2D eigenvalue weighted by atomic mass is 9.78. The highest BCUT2D eigenvalue weighted by Gasteiger charge is 2.43. The van der Waals surface area contributed by atoms with E-state index in [-0.39, 0.29) is 0 Å². The second-order valence-electron chi connectivity index (χ2n) is 10.7. The molecule has 2 nitrogen and oxygen atoms in total. The molecule has 6 heteroatoms. The van der Waals surface area contributed by atoms with Crippen molar-refractivity contribution >= 4 is 51.1 Å². The predicted molar refractivity (Wildman–Crippen MR) is 174 cm³/mol. The first-order valence-corrected chi connectivity index (χ1v) is 14.8. The number of halogens is 3. The van der Waals surface area contributed by atoms with E-state index >= 15 is 8.63 Å². The number of hydrogen-bond donors (Lipinski definition) is 0. The Hall–Kier alpha value is -4.17. The number of aromatic nitrogens is 2. The van der Waals surface area contributed by atoms with Gasteiger partial charge in [0.15, 0.2) is 0 Å². The van der Waals surface area contributed by atoms with Crippen molar-refractivity contribution in [2.24, 2.45) is 0 Å². The van der Waals surface area contributed by atoms with E-state index in [2.05, 4.69) is 83.3 Å². The van der Waals surface area contributed by atoms with Crippen LogP contribution >= 0.6 is 22.6 Å². The van der Waals surface area contributed by atoms with Crippen molar-refractivity contribution in [3.05, 3.63) is 154 Å². The van der Waals surface area contributed by atoms with Gasteiger partial charge in [-0.2, -0.15) is 0 Å². The average molecular weight is 647 g/mol. The minimum Gasteiger partial charge on any atom is -0.449 e. The fraction of sp³-hybridized carbons (Fsp3) is 0.0286. The number of fused-ring (bicyclic) bond motifs is 4. The highest BCUT2D eigenvalue weighted by atomic mass is 127. The summed E-state index contributed by atoms with van der Waals surface area (Å²) >= 11 is 2.29. The Kier molecular flexibility index (Phi) is 5.51. The monoisotopic (exact) mass is 647 g/mol. The Morgan fingerprint density at radius 3 is 1.49 bits per heavy atom. The molecule has 0 aliphatic carbocycles. The molecule has 41 heavy (non-hydrogen) atoms. The molecule has 0 N–H and O–H groups in total. The molecule has 0 saturated carbocycles. The zero-order valence-corrected chi connectivity index (χ0v) is 24.0. The summed E-state index contributed by atoms with van der Waals surface area (Å²) < 4.78 is 36.8. The molecule has 8 rings (SSSR count). The molecule has 3 heterocycles. The first-order valence-electron chi connectivity index (χ1n) is 13.7. The maximum atomic E-state index is 16.6. The van der Waals surface area contributed by atoms with E-state index in [9.17, 15) is 0 Å². The summed E-state index contributed by atoms with van der Waals surface area (Å²) in [5, 5.41) is 4.28. The standard InChI is InChI=1S/C35H23BF2IN2/c37-36(38)40-21-19-31(29-13-5-9-23-7-1-3-11-27(23)29)34(40)33(25-15-17-26(39)18-16-25)35-32(20-22-41(35)36)30-14-6-10-24-8-2-4-12-28(24)30/h1-22,33H/q-1. The third-order valence-corrected chi connectivity index (χ3v) is 9.21. The van der Waals surface area contributed by atoms with Gasteiger partial charge in [-0.1, -0.05) is 97.1 Å². The molecule has 7 aromatic rings. The molecule has 0 spiro atoms. The topological polar surface area (TPSA) is 9.86 Å². The predicted octanol–water partition coefficient (Wildman–Crippen LogP) is 9.80. The SMILES string of the molecule is F[B-]1(F)n2ccc(-c3cccc4ccccc34)c2C(c2ccc(I)cc2)c2c(-c3cccc4ccccc34)ccn21. The molecule has 0 amide bonds. The molecule has 1 aliphatic heterocycles. The summed E-state index contributed by atoms with van der Waals surface area (Å²) in [5.74, 6) is -0.401. The van der Waals surface area contributed by atoms with E-state index in [1.165, 1.54) is 8.96 Å². The van der Waals surface area contributed by atoms with Crippen molar-refractivity contribution in [1.29, 1.82) is 0 Å². The first-order chi connectivity index (χ1) is 20.0. The van der Waals surface area contributed by atoms with Crippen LogP contribution in [0.1, 0.15) is 22.9 Å². The largest absolute Gasteiger partial charge is 0.532 e. The van der Waals surface area contributed by atoms with Crippen LogP contribution in [0.2, 0.25) is 0 Å². The zero-order chi connectivity index (χ0) is 27.7. The third-order valence-electron chi connectivity index (χ3n) is 8.49. The van der Waals surface area contributed by atoms with Gasteiger partial charge < -0.3 is 17.6 Å². The summed E-state index contributed by atoms with van der Waals surface area (Å²) in [6.45, 7) is -4.12. The Balaban J connectivity index is 1.47. The fourth-order valence-corrected chi connectivity index (χ4v) is 7.04. The van der Waals surface area contributed by atoms with Gasteiger partial charge >= 0.3 is 6.97 Å². The second kappa shape index (κ2) is 9.18. The Morgan fingerprint density at radius 2 is 0.976 bits per heavy atom. The van der Waals surface area contributed by atoms with Crippen LogP contribution in [-0.4, -0.2) is 15.9 Å². The second-order valence-corrected chi connectivity index (χ2v) is 11.9. The van der Waals surface area contributed by atoms with Gasteiger partial charge in [-0.15, -0.1) is 0 Å². The van der Waals surface area contributed by atoms with Crippen LogP contribution in [0.5, 0.6) is 0 Å². The molecule has 2 aromatic heterocycles. The molecule has 1 aliphatic rings. The zero-order valence-electron chi connectivity index (χ0n) is 21.9. The van der Waals surface area contributed by atoms with Crippen LogP contribution in [0.15, 0.2) is 134 Å². The van der Waals surface area contributed by atoms with Crippen LogP contribution in [0, 0.1) is 3.57 Å². The normalized spacial score (nSPS) is 14.3. The quantitative estimate of drug-likeness (QED) is 0.134. The van der Waals surface area contributed by atoms with E-state index < -0.39 is 12.9 Å². The minimum atomic E-state index is -4.12. The highest BCUT2D eigenvalue weighted by Crippen LogP contribution is 2.49. The number of hydrogen-bond acceptors (Lipinski definition) is 0. The van der Waals surface area contributed by atoms with Crippen molar-refractivity contribution in [2.75, 3.05) is 0 Å².